The lowest BCUT2D eigenvalue weighted by Gasteiger charge is -2.18. The van der Waals surface area contributed by atoms with Gasteiger partial charge in [-0.25, -0.2) is 0 Å². The van der Waals surface area contributed by atoms with Gasteiger partial charge in [-0.1, -0.05) is 36.4 Å². The number of nitrogens with two attached hydrogens (primary N) is 1. The van der Waals surface area contributed by atoms with Gasteiger partial charge in [0.05, 0.1) is 5.56 Å². The van der Waals surface area contributed by atoms with Crippen molar-refractivity contribution >= 4 is 11.8 Å². The first-order chi connectivity index (χ1) is 11.3. The summed E-state index contributed by atoms with van der Waals surface area (Å²) in [4.78, 5) is 23.6. The third-order valence-corrected chi connectivity index (χ3v) is 3.43. The lowest BCUT2D eigenvalue weighted by molar-refractivity contribution is -0.138. The fourth-order valence-corrected chi connectivity index (χ4v) is 2.25. The van der Waals surface area contributed by atoms with Crippen molar-refractivity contribution in [2.24, 2.45) is 5.73 Å². The summed E-state index contributed by atoms with van der Waals surface area (Å²) in [6, 6.07) is 11.6. The van der Waals surface area contributed by atoms with Gasteiger partial charge in [-0.15, -0.1) is 0 Å². The molecule has 3 N–H and O–H groups in total. The molecule has 0 aliphatic rings. The molecule has 0 saturated heterocycles. The largest absolute Gasteiger partial charge is 0.416 e. The van der Waals surface area contributed by atoms with Crippen molar-refractivity contribution in [2.45, 2.75) is 18.6 Å². The summed E-state index contributed by atoms with van der Waals surface area (Å²) < 4.78 is 39.1. The highest BCUT2D eigenvalue weighted by atomic mass is 19.4. The minimum atomic E-state index is -4.55. The number of amides is 2. The van der Waals surface area contributed by atoms with E-state index in [0.29, 0.717) is 0 Å². The molecule has 7 heteroatoms. The number of benzene rings is 2. The first-order valence-electron chi connectivity index (χ1n) is 7.09. The molecule has 2 aromatic carbocycles. The minimum absolute atomic E-state index is 0.109. The van der Waals surface area contributed by atoms with Crippen LogP contribution in [0.5, 0.6) is 0 Å². The van der Waals surface area contributed by atoms with E-state index < -0.39 is 29.6 Å². The molecule has 0 spiro atoms. The van der Waals surface area contributed by atoms with E-state index in [1.807, 2.05) is 0 Å². The summed E-state index contributed by atoms with van der Waals surface area (Å²) in [6.45, 7) is 0. The van der Waals surface area contributed by atoms with Crippen molar-refractivity contribution in [1.82, 2.24) is 5.32 Å². The van der Waals surface area contributed by atoms with Gasteiger partial charge in [0.15, 0.2) is 0 Å². The van der Waals surface area contributed by atoms with Gasteiger partial charge in [-0.2, -0.15) is 13.2 Å². The number of primary amides is 1. The van der Waals surface area contributed by atoms with E-state index in [9.17, 15) is 22.8 Å². The number of alkyl halides is 3. The second kappa shape index (κ2) is 7.16. The molecule has 0 heterocycles. The SMILES string of the molecule is NC(=O)[C@@H](Cc1ccccc1C(F)(F)F)NC(=O)c1ccccc1. The van der Waals surface area contributed by atoms with Crippen LogP contribution >= 0.6 is 0 Å². The van der Waals surface area contributed by atoms with Crippen molar-refractivity contribution in [3.8, 4) is 0 Å². The molecule has 4 nitrogen and oxygen atoms in total. The van der Waals surface area contributed by atoms with Crippen molar-refractivity contribution in [3.05, 3.63) is 71.3 Å². The molecule has 1 atom stereocenters. The second-order valence-corrected chi connectivity index (χ2v) is 5.15. The zero-order valence-corrected chi connectivity index (χ0v) is 12.5. The second-order valence-electron chi connectivity index (χ2n) is 5.15. The van der Waals surface area contributed by atoms with Crippen LogP contribution in [0.25, 0.3) is 0 Å². The summed E-state index contributed by atoms with van der Waals surface area (Å²) in [5.74, 6) is -1.49. The van der Waals surface area contributed by atoms with E-state index in [-0.39, 0.29) is 17.5 Å². The van der Waals surface area contributed by atoms with Crippen LogP contribution in [0.2, 0.25) is 0 Å². The molecule has 0 fully saturated rings. The highest BCUT2D eigenvalue weighted by Crippen LogP contribution is 2.32. The topological polar surface area (TPSA) is 72.2 Å². The normalized spacial score (nSPS) is 12.5. The Kier molecular flexibility index (Phi) is 5.23. The number of carbonyl (C=O) groups is 2. The van der Waals surface area contributed by atoms with Gasteiger partial charge in [0.25, 0.3) is 5.91 Å². The van der Waals surface area contributed by atoms with Gasteiger partial charge in [-0.05, 0) is 23.8 Å². The highest BCUT2D eigenvalue weighted by molar-refractivity contribution is 5.97. The maximum Gasteiger partial charge on any atom is 0.416 e. The molecule has 0 bridgehead atoms. The molecule has 0 aliphatic heterocycles. The molecule has 0 radical (unpaired) electrons. The Bertz CT molecular complexity index is 730. The van der Waals surface area contributed by atoms with Crippen molar-refractivity contribution in [3.63, 3.8) is 0 Å². The fourth-order valence-electron chi connectivity index (χ4n) is 2.25. The maximum absolute atomic E-state index is 13.0. The maximum atomic E-state index is 13.0. The summed E-state index contributed by atoms with van der Waals surface area (Å²) in [6.07, 6.45) is -4.90. The molecule has 126 valence electrons. The minimum Gasteiger partial charge on any atom is -0.368 e. The predicted molar refractivity (Wildman–Crippen MR) is 82.0 cm³/mol. The summed E-state index contributed by atoms with van der Waals surface area (Å²) >= 11 is 0. The van der Waals surface area contributed by atoms with Gasteiger partial charge in [0.2, 0.25) is 5.91 Å². The Balaban J connectivity index is 2.22. The van der Waals surface area contributed by atoms with Gasteiger partial charge >= 0.3 is 6.18 Å². The first kappa shape index (κ1) is 17.5. The molecule has 0 saturated carbocycles. The lowest BCUT2D eigenvalue weighted by atomic mass is 9.99. The molecule has 0 unspecified atom stereocenters. The standard InChI is InChI=1S/C17H15F3N2O2/c18-17(19,20)13-9-5-4-8-12(13)10-14(15(21)23)22-16(24)11-6-2-1-3-7-11/h1-9,14H,10H2,(H2,21,23)(H,22,24)/t14-/m1/s1. The first-order valence-corrected chi connectivity index (χ1v) is 7.09. The van der Waals surface area contributed by atoms with Crippen LogP contribution in [0.15, 0.2) is 54.6 Å². The van der Waals surface area contributed by atoms with Gasteiger partial charge in [0.1, 0.15) is 6.04 Å². The van der Waals surface area contributed by atoms with Crippen LogP contribution < -0.4 is 11.1 Å². The molecule has 2 aromatic rings. The Labute approximate surface area is 136 Å². The number of halogens is 3. The van der Waals surface area contributed by atoms with Crippen LogP contribution in [0.1, 0.15) is 21.5 Å². The number of nitrogens with one attached hydrogen (secondary N) is 1. The Hall–Kier alpha value is -2.83. The molecule has 0 aliphatic carbocycles. The van der Waals surface area contributed by atoms with E-state index in [2.05, 4.69) is 5.32 Å². The Morgan fingerprint density at radius 3 is 2.17 bits per heavy atom. The lowest BCUT2D eigenvalue weighted by Crippen LogP contribution is -2.46. The Morgan fingerprint density at radius 2 is 1.58 bits per heavy atom. The average Bonchev–Trinajstić information content (AvgIpc) is 2.54. The van der Waals surface area contributed by atoms with Crippen LogP contribution in [0.3, 0.4) is 0 Å². The van der Waals surface area contributed by atoms with E-state index in [1.54, 1.807) is 18.2 Å². The molecule has 0 aromatic heterocycles. The smallest absolute Gasteiger partial charge is 0.368 e. The van der Waals surface area contributed by atoms with Crippen LogP contribution in [0.4, 0.5) is 13.2 Å². The zero-order chi connectivity index (χ0) is 17.7. The molecule has 2 amide bonds. The number of rotatable bonds is 5. The Morgan fingerprint density at radius 1 is 1.00 bits per heavy atom. The van der Waals surface area contributed by atoms with E-state index in [1.165, 1.54) is 30.3 Å². The average molecular weight is 336 g/mol. The van der Waals surface area contributed by atoms with E-state index in [0.717, 1.165) is 6.07 Å². The van der Waals surface area contributed by atoms with E-state index >= 15 is 0 Å². The third-order valence-electron chi connectivity index (χ3n) is 3.43. The third kappa shape index (κ3) is 4.34. The van der Waals surface area contributed by atoms with Gasteiger partial charge in [-0.3, -0.25) is 9.59 Å². The molecule has 2 rings (SSSR count). The van der Waals surface area contributed by atoms with Crippen LogP contribution in [-0.4, -0.2) is 17.9 Å². The zero-order valence-electron chi connectivity index (χ0n) is 12.5. The molecule has 24 heavy (non-hydrogen) atoms. The number of hydrogen-bond donors (Lipinski definition) is 2. The summed E-state index contributed by atoms with van der Waals surface area (Å²) in [5, 5.41) is 2.38. The fraction of sp³-hybridized carbons (Fsp3) is 0.176. The van der Waals surface area contributed by atoms with Gasteiger partial charge in [0, 0.05) is 12.0 Å². The van der Waals surface area contributed by atoms with Crippen molar-refractivity contribution < 1.29 is 22.8 Å². The van der Waals surface area contributed by atoms with Crippen LogP contribution in [-0.2, 0) is 17.4 Å². The number of hydrogen-bond acceptors (Lipinski definition) is 2. The molecular formula is C17H15F3N2O2. The summed E-state index contributed by atoms with van der Waals surface area (Å²) in [7, 11) is 0. The predicted octanol–water partition coefficient (Wildman–Crippen LogP) is 2.53. The van der Waals surface area contributed by atoms with E-state index in [4.69, 9.17) is 5.73 Å². The molecular weight excluding hydrogens is 321 g/mol. The van der Waals surface area contributed by atoms with Crippen molar-refractivity contribution in [2.75, 3.05) is 0 Å². The van der Waals surface area contributed by atoms with Crippen LogP contribution in [0, 0.1) is 0 Å². The number of carbonyl (C=O) groups excluding carboxylic acids is 2. The van der Waals surface area contributed by atoms with Gasteiger partial charge < -0.3 is 11.1 Å². The summed E-state index contributed by atoms with van der Waals surface area (Å²) in [5.41, 5.74) is 4.55. The highest BCUT2D eigenvalue weighted by Gasteiger charge is 2.34. The quantitative estimate of drug-likeness (QED) is 0.881. The monoisotopic (exact) mass is 336 g/mol. The van der Waals surface area contributed by atoms with Crippen molar-refractivity contribution in [1.29, 1.82) is 0 Å².